The van der Waals surface area contributed by atoms with Gasteiger partial charge in [0.2, 0.25) is 6.10 Å². The molecule has 0 saturated carbocycles. The minimum atomic E-state index is -1.11. The monoisotopic (exact) mass is 474 g/mol. The molecular formula is C27H30N4O4. The molecule has 0 spiro atoms. The predicted octanol–water partition coefficient (Wildman–Crippen LogP) is 2.89. The van der Waals surface area contributed by atoms with E-state index in [2.05, 4.69) is 10.2 Å². The summed E-state index contributed by atoms with van der Waals surface area (Å²) in [5, 5.41) is 11.4. The number of nitrogens with one attached hydrogen (secondary N) is 2. The van der Waals surface area contributed by atoms with Gasteiger partial charge in [-0.3, -0.25) is 10.2 Å². The maximum Gasteiger partial charge on any atom is 0.341 e. The lowest BCUT2D eigenvalue weighted by molar-refractivity contribution is -0.163. The van der Waals surface area contributed by atoms with Crippen LogP contribution in [0.3, 0.4) is 0 Å². The van der Waals surface area contributed by atoms with Crippen LogP contribution in [0, 0.1) is 5.41 Å². The van der Waals surface area contributed by atoms with Gasteiger partial charge in [0.1, 0.15) is 18.2 Å². The Kier molecular flexibility index (Phi) is 8.10. The normalized spacial score (nSPS) is 14.7. The second-order valence-corrected chi connectivity index (χ2v) is 8.54. The van der Waals surface area contributed by atoms with Crippen molar-refractivity contribution < 1.29 is 19.1 Å². The van der Waals surface area contributed by atoms with Gasteiger partial charge in [-0.25, -0.2) is 10.7 Å². The molecule has 35 heavy (non-hydrogen) atoms. The maximum atomic E-state index is 12.9. The third kappa shape index (κ3) is 6.45. The van der Waals surface area contributed by atoms with E-state index in [0.29, 0.717) is 17.6 Å². The van der Waals surface area contributed by atoms with Crippen molar-refractivity contribution in [1.82, 2.24) is 10.2 Å². The van der Waals surface area contributed by atoms with Gasteiger partial charge in [-0.1, -0.05) is 60.7 Å². The lowest BCUT2D eigenvalue weighted by Gasteiger charge is -2.37. The minimum absolute atomic E-state index is 0.116. The number of carbonyl (C=O) groups excluding carboxylic acids is 1. The highest BCUT2D eigenvalue weighted by Crippen LogP contribution is 2.26. The molecule has 182 valence electrons. The summed E-state index contributed by atoms with van der Waals surface area (Å²) >= 11 is 0. The Morgan fingerprint density at radius 3 is 2.09 bits per heavy atom. The summed E-state index contributed by atoms with van der Waals surface area (Å²) in [7, 11) is 2.05. The fourth-order valence-electron chi connectivity index (χ4n) is 3.91. The number of likely N-dealkylation sites (N-methyl/N-ethyl adjacent to an activating group) is 1. The molecule has 1 aliphatic rings. The number of carbonyl (C=O) groups is 1. The Morgan fingerprint density at radius 2 is 1.57 bits per heavy atom. The molecular weight excluding hydrogens is 444 g/mol. The second kappa shape index (κ2) is 11.6. The topological polar surface area (TPSA) is 110 Å². The standard InChI is InChI=1S/C27H30N4O4/c1-31-16-22(17-31)30-26(28)21-12-14-23(15-13-21)33-18-24(35-29)27(32)34-25(19-8-4-2-5-9-19)20-10-6-3-7-11-20/h2-15,22,24-25H,16-18,29H2,1H3,(H2,28,30)/t24-/m0/s1. The molecule has 3 aromatic carbocycles. The number of nitrogens with zero attached hydrogens (tertiary/aromatic N) is 1. The molecule has 0 bridgehead atoms. The zero-order valence-corrected chi connectivity index (χ0v) is 19.6. The SMILES string of the molecule is CN1CC(NC(=N)c2ccc(OC[C@H](ON)C(=O)OC(c3ccccc3)c3ccccc3)cc2)C1. The first-order valence-electron chi connectivity index (χ1n) is 11.5. The van der Waals surface area contributed by atoms with Crippen LogP contribution in [-0.4, -0.2) is 55.6 Å². The van der Waals surface area contributed by atoms with Gasteiger partial charge in [0.15, 0.2) is 6.10 Å². The fraction of sp³-hybridized carbons (Fsp3) is 0.259. The molecule has 0 radical (unpaired) electrons. The number of hydrogen-bond donors (Lipinski definition) is 3. The lowest BCUT2D eigenvalue weighted by atomic mass is 10.0. The largest absolute Gasteiger partial charge is 0.490 e. The molecule has 1 heterocycles. The number of benzene rings is 3. The van der Waals surface area contributed by atoms with E-state index < -0.39 is 18.2 Å². The number of ether oxygens (including phenoxy) is 2. The first kappa shape index (κ1) is 24.4. The molecule has 0 unspecified atom stereocenters. The van der Waals surface area contributed by atoms with Crippen molar-refractivity contribution in [3.63, 3.8) is 0 Å². The van der Waals surface area contributed by atoms with E-state index in [1.807, 2.05) is 67.7 Å². The van der Waals surface area contributed by atoms with Crippen LogP contribution in [0.25, 0.3) is 0 Å². The molecule has 8 heteroatoms. The highest BCUT2D eigenvalue weighted by Gasteiger charge is 2.27. The first-order valence-corrected chi connectivity index (χ1v) is 11.5. The first-order chi connectivity index (χ1) is 17.0. The van der Waals surface area contributed by atoms with Gasteiger partial charge in [-0.15, -0.1) is 0 Å². The van der Waals surface area contributed by atoms with Crippen LogP contribution in [-0.2, 0) is 14.4 Å². The predicted molar refractivity (Wildman–Crippen MR) is 133 cm³/mol. The highest BCUT2D eigenvalue weighted by atomic mass is 16.7. The van der Waals surface area contributed by atoms with Gasteiger partial charge in [-0.05, 0) is 42.4 Å². The van der Waals surface area contributed by atoms with E-state index >= 15 is 0 Å². The van der Waals surface area contributed by atoms with Gasteiger partial charge < -0.3 is 19.7 Å². The molecule has 0 aliphatic carbocycles. The van der Waals surface area contributed by atoms with Crippen molar-refractivity contribution in [2.45, 2.75) is 18.2 Å². The van der Waals surface area contributed by atoms with Crippen molar-refractivity contribution in [1.29, 1.82) is 5.41 Å². The van der Waals surface area contributed by atoms with E-state index in [4.69, 9.17) is 25.6 Å². The van der Waals surface area contributed by atoms with Gasteiger partial charge in [0.25, 0.3) is 0 Å². The average molecular weight is 475 g/mol. The number of esters is 1. The van der Waals surface area contributed by atoms with Crippen molar-refractivity contribution in [2.75, 3.05) is 26.7 Å². The number of rotatable bonds is 10. The summed E-state index contributed by atoms with van der Waals surface area (Å²) in [6.07, 6.45) is -1.71. The third-order valence-corrected chi connectivity index (χ3v) is 5.82. The van der Waals surface area contributed by atoms with Crippen LogP contribution in [0.15, 0.2) is 84.9 Å². The highest BCUT2D eigenvalue weighted by molar-refractivity contribution is 5.96. The molecule has 8 nitrogen and oxygen atoms in total. The van der Waals surface area contributed by atoms with Crippen molar-refractivity contribution in [2.24, 2.45) is 5.90 Å². The Balaban J connectivity index is 1.35. The summed E-state index contributed by atoms with van der Waals surface area (Å²) in [6.45, 7) is 1.74. The zero-order chi connectivity index (χ0) is 24.6. The average Bonchev–Trinajstić information content (AvgIpc) is 2.88. The molecule has 0 aromatic heterocycles. The lowest BCUT2D eigenvalue weighted by Crippen LogP contribution is -2.57. The maximum absolute atomic E-state index is 12.9. The van der Waals surface area contributed by atoms with Crippen molar-refractivity contribution >= 4 is 11.8 Å². The van der Waals surface area contributed by atoms with E-state index in [-0.39, 0.29) is 6.61 Å². The van der Waals surface area contributed by atoms with E-state index in [0.717, 1.165) is 29.8 Å². The minimum Gasteiger partial charge on any atom is -0.490 e. The molecule has 4 N–H and O–H groups in total. The number of hydrogen-bond acceptors (Lipinski definition) is 7. The van der Waals surface area contributed by atoms with Crippen LogP contribution in [0.1, 0.15) is 22.8 Å². The Bertz CT molecular complexity index is 1060. The van der Waals surface area contributed by atoms with Gasteiger partial charge >= 0.3 is 5.97 Å². The molecule has 4 rings (SSSR count). The smallest absolute Gasteiger partial charge is 0.341 e. The molecule has 1 saturated heterocycles. The number of amidine groups is 1. The summed E-state index contributed by atoms with van der Waals surface area (Å²) in [5.74, 6) is 5.68. The number of nitrogens with two attached hydrogens (primary N) is 1. The molecule has 1 aliphatic heterocycles. The molecule has 3 aromatic rings. The van der Waals surface area contributed by atoms with E-state index in [1.54, 1.807) is 24.3 Å². The van der Waals surface area contributed by atoms with Crippen LogP contribution >= 0.6 is 0 Å². The Hall–Kier alpha value is -3.72. The van der Waals surface area contributed by atoms with Crippen molar-refractivity contribution in [3.8, 4) is 5.75 Å². The van der Waals surface area contributed by atoms with E-state index in [1.165, 1.54) is 0 Å². The third-order valence-electron chi connectivity index (χ3n) is 5.82. The zero-order valence-electron chi connectivity index (χ0n) is 19.6. The fourth-order valence-corrected chi connectivity index (χ4v) is 3.91. The summed E-state index contributed by atoms with van der Waals surface area (Å²) < 4.78 is 11.5. The van der Waals surface area contributed by atoms with Crippen LogP contribution < -0.4 is 16.0 Å². The molecule has 1 fully saturated rings. The summed E-state index contributed by atoms with van der Waals surface area (Å²) in [4.78, 5) is 20.0. The van der Waals surface area contributed by atoms with Crippen LogP contribution in [0.4, 0.5) is 0 Å². The van der Waals surface area contributed by atoms with Crippen LogP contribution in [0.5, 0.6) is 5.75 Å². The Labute approximate surface area is 205 Å². The van der Waals surface area contributed by atoms with Gasteiger partial charge in [0, 0.05) is 18.7 Å². The number of likely N-dealkylation sites (tertiary alicyclic amines) is 1. The molecule has 1 atom stereocenters. The van der Waals surface area contributed by atoms with Crippen molar-refractivity contribution in [3.05, 3.63) is 102 Å². The quantitative estimate of drug-likeness (QED) is 0.179. The molecule has 0 amide bonds. The van der Waals surface area contributed by atoms with Crippen LogP contribution in [0.2, 0.25) is 0 Å². The van der Waals surface area contributed by atoms with Gasteiger partial charge in [-0.2, -0.15) is 0 Å². The second-order valence-electron chi connectivity index (χ2n) is 8.54. The van der Waals surface area contributed by atoms with Gasteiger partial charge in [0.05, 0.1) is 6.04 Å². The summed E-state index contributed by atoms with van der Waals surface area (Å²) in [6, 6.07) is 26.4. The summed E-state index contributed by atoms with van der Waals surface area (Å²) in [5.41, 5.74) is 2.43. The van der Waals surface area contributed by atoms with E-state index in [9.17, 15) is 4.79 Å². The Morgan fingerprint density at radius 1 is 1.00 bits per heavy atom.